The molecule has 1 rings (SSSR count). The van der Waals surface area contributed by atoms with Crippen molar-refractivity contribution in [1.29, 1.82) is 0 Å². The van der Waals surface area contributed by atoms with Crippen molar-refractivity contribution >= 4 is 29.4 Å². The van der Waals surface area contributed by atoms with Crippen LogP contribution in [0.4, 0.5) is 0 Å². The largest absolute Gasteiger partial charge is 0.484 e. The molecule has 1 aromatic carbocycles. The van der Waals surface area contributed by atoms with Crippen molar-refractivity contribution in [3.05, 3.63) is 29.3 Å². The summed E-state index contributed by atoms with van der Waals surface area (Å²) in [5.41, 5.74) is 0. The van der Waals surface area contributed by atoms with Crippen LogP contribution in [-0.4, -0.2) is 53.3 Å². The summed E-state index contributed by atoms with van der Waals surface area (Å²) in [6.07, 6.45) is 0.351. The lowest BCUT2D eigenvalue weighted by atomic mass is 10.0. The lowest BCUT2D eigenvalue weighted by molar-refractivity contribution is -0.143. The lowest BCUT2D eigenvalue weighted by Crippen LogP contribution is -2.49. The van der Waals surface area contributed by atoms with Crippen LogP contribution < -0.4 is 15.4 Å². The highest BCUT2D eigenvalue weighted by Gasteiger charge is 2.26. The lowest BCUT2D eigenvalue weighted by Gasteiger charge is -2.21. The number of ether oxygens (including phenoxy) is 1. The normalized spacial score (nSPS) is 13.0. The van der Waals surface area contributed by atoms with Crippen molar-refractivity contribution in [2.75, 3.05) is 13.2 Å². The third-order valence-electron chi connectivity index (χ3n) is 3.64. The number of nitrogens with one attached hydrogen (secondary N) is 2. The van der Waals surface area contributed by atoms with E-state index in [2.05, 4.69) is 10.6 Å². The fourth-order valence-electron chi connectivity index (χ4n) is 2.32. The molecule has 0 aliphatic carbocycles. The summed E-state index contributed by atoms with van der Waals surface area (Å²) in [7, 11) is 0. The zero-order valence-electron chi connectivity index (χ0n) is 15.3. The molecule has 0 bridgehead atoms. The van der Waals surface area contributed by atoms with Crippen molar-refractivity contribution < 1.29 is 29.3 Å². The molecule has 0 saturated heterocycles. The number of amides is 1. The smallest absolute Gasteiger partial charge is 0.320 e. The van der Waals surface area contributed by atoms with E-state index in [4.69, 9.17) is 16.3 Å². The highest BCUT2D eigenvalue weighted by atomic mass is 35.5. The number of carbonyl (C=O) groups excluding carboxylic acids is 1. The van der Waals surface area contributed by atoms with Crippen LogP contribution in [0.5, 0.6) is 5.75 Å². The Hall–Kier alpha value is -2.32. The molecule has 150 valence electrons. The number of carboxylic acids is 2. The number of hydrogen-bond donors (Lipinski definition) is 4. The second kappa shape index (κ2) is 11.4. The summed E-state index contributed by atoms with van der Waals surface area (Å²) in [5, 5.41) is 24.2. The molecule has 1 amide bonds. The molecule has 0 spiro atoms. The van der Waals surface area contributed by atoms with Gasteiger partial charge in [-0.05, 0) is 43.0 Å². The highest BCUT2D eigenvalue weighted by Crippen LogP contribution is 2.15. The molecule has 27 heavy (non-hydrogen) atoms. The zero-order chi connectivity index (χ0) is 20.4. The fourth-order valence-corrected chi connectivity index (χ4v) is 2.45. The van der Waals surface area contributed by atoms with Gasteiger partial charge in [0.1, 0.15) is 17.8 Å². The molecular weight excluding hydrogens is 376 g/mol. The third kappa shape index (κ3) is 9.25. The molecule has 1 aromatic rings. The van der Waals surface area contributed by atoms with Crippen molar-refractivity contribution in [2.45, 2.75) is 38.8 Å². The van der Waals surface area contributed by atoms with Crippen molar-refractivity contribution in [3.8, 4) is 5.75 Å². The molecule has 4 N–H and O–H groups in total. The maximum Gasteiger partial charge on any atom is 0.320 e. The van der Waals surface area contributed by atoms with Gasteiger partial charge in [-0.25, -0.2) is 0 Å². The van der Waals surface area contributed by atoms with Crippen LogP contribution in [0.3, 0.4) is 0 Å². The quantitative estimate of drug-likeness (QED) is 0.421. The number of rotatable bonds is 12. The van der Waals surface area contributed by atoms with Crippen LogP contribution in [0.15, 0.2) is 24.3 Å². The second-order valence-corrected chi connectivity index (χ2v) is 6.90. The molecular formula is C18H25ClN2O6. The molecule has 0 unspecified atom stereocenters. The van der Waals surface area contributed by atoms with Gasteiger partial charge in [0.15, 0.2) is 6.61 Å². The minimum absolute atomic E-state index is 0.0455. The number of aliphatic carboxylic acids is 2. The van der Waals surface area contributed by atoms with Crippen molar-refractivity contribution in [1.82, 2.24) is 10.6 Å². The topological polar surface area (TPSA) is 125 Å². The van der Waals surface area contributed by atoms with E-state index in [0.717, 1.165) is 0 Å². The first-order chi connectivity index (χ1) is 12.7. The SMILES string of the molecule is CC(C)C[C@H](N[C@@H](CCNC(=O)COc1ccc(Cl)cc1)C(=O)O)C(=O)O. The summed E-state index contributed by atoms with van der Waals surface area (Å²) in [5.74, 6) is -2.10. The Labute approximate surface area is 162 Å². The molecule has 0 saturated carbocycles. The van der Waals surface area contributed by atoms with E-state index < -0.39 is 29.9 Å². The standard InChI is InChI=1S/C18H25ClN2O6/c1-11(2)9-15(18(25)26)21-14(17(23)24)7-8-20-16(22)10-27-13-5-3-12(19)4-6-13/h3-6,11,14-15,21H,7-10H2,1-2H3,(H,20,22)(H,23,24)(H,25,26)/t14-,15-/m0/s1. The van der Waals surface area contributed by atoms with Gasteiger partial charge in [0, 0.05) is 11.6 Å². The van der Waals surface area contributed by atoms with Gasteiger partial charge < -0.3 is 20.3 Å². The summed E-state index contributed by atoms with van der Waals surface area (Å²) in [6.45, 7) is 3.56. The van der Waals surface area contributed by atoms with Crippen LogP contribution in [0.1, 0.15) is 26.7 Å². The van der Waals surface area contributed by atoms with E-state index in [9.17, 15) is 24.6 Å². The van der Waals surface area contributed by atoms with E-state index in [1.54, 1.807) is 24.3 Å². The molecule has 0 heterocycles. The summed E-state index contributed by atoms with van der Waals surface area (Å²) in [6, 6.07) is 4.47. The predicted molar refractivity (Wildman–Crippen MR) is 100 cm³/mol. The van der Waals surface area contributed by atoms with E-state index in [-0.39, 0.29) is 25.5 Å². The molecule has 0 radical (unpaired) electrons. The molecule has 0 aliphatic heterocycles. The molecule has 2 atom stereocenters. The van der Waals surface area contributed by atoms with Crippen LogP contribution >= 0.6 is 11.6 Å². The maximum atomic E-state index is 11.8. The molecule has 0 fully saturated rings. The molecule has 8 nitrogen and oxygen atoms in total. The van der Waals surface area contributed by atoms with Gasteiger partial charge in [-0.15, -0.1) is 0 Å². The Kier molecular flexibility index (Phi) is 9.60. The average molecular weight is 401 g/mol. The maximum absolute atomic E-state index is 11.8. The Morgan fingerprint density at radius 2 is 1.67 bits per heavy atom. The van der Waals surface area contributed by atoms with Gasteiger partial charge in [0.25, 0.3) is 5.91 Å². The first-order valence-corrected chi connectivity index (χ1v) is 8.93. The second-order valence-electron chi connectivity index (χ2n) is 6.46. The number of carboxylic acid groups (broad SMARTS) is 2. The summed E-state index contributed by atoms with van der Waals surface area (Å²) >= 11 is 5.76. The molecule has 0 aromatic heterocycles. The molecule has 0 aliphatic rings. The van der Waals surface area contributed by atoms with Crippen molar-refractivity contribution in [3.63, 3.8) is 0 Å². The van der Waals surface area contributed by atoms with E-state index in [1.807, 2.05) is 13.8 Å². The van der Waals surface area contributed by atoms with Crippen LogP contribution in [0.2, 0.25) is 5.02 Å². The number of carbonyl (C=O) groups is 3. The number of halogens is 1. The van der Waals surface area contributed by atoms with Gasteiger partial charge in [0.2, 0.25) is 0 Å². The van der Waals surface area contributed by atoms with Gasteiger partial charge in [-0.2, -0.15) is 0 Å². The van der Waals surface area contributed by atoms with Gasteiger partial charge in [0.05, 0.1) is 0 Å². The Balaban J connectivity index is 2.42. The fraction of sp³-hybridized carbons (Fsp3) is 0.500. The van der Waals surface area contributed by atoms with E-state index in [0.29, 0.717) is 17.2 Å². The van der Waals surface area contributed by atoms with E-state index >= 15 is 0 Å². The minimum atomic E-state index is -1.17. The van der Waals surface area contributed by atoms with Crippen LogP contribution in [0, 0.1) is 5.92 Å². The van der Waals surface area contributed by atoms with Gasteiger partial charge >= 0.3 is 11.9 Å². The zero-order valence-corrected chi connectivity index (χ0v) is 16.0. The van der Waals surface area contributed by atoms with Gasteiger partial charge in [-0.3, -0.25) is 19.7 Å². The van der Waals surface area contributed by atoms with Gasteiger partial charge in [-0.1, -0.05) is 25.4 Å². The number of hydrogen-bond acceptors (Lipinski definition) is 5. The summed E-state index contributed by atoms with van der Waals surface area (Å²) < 4.78 is 5.29. The first-order valence-electron chi connectivity index (χ1n) is 8.55. The van der Waals surface area contributed by atoms with Crippen LogP contribution in [0.25, 0.3) is 0 Å². The summed E-state index contributed by atoms with van der Waals surface area (Å²) in [4.78, 5) is 34.4. The Morgan fingerprint density at radius 3 is 2.19 bits per heavy atom. The monoisotopic (exact) mass is 400 g/mol. The van der Waals surface area contributed by atoms with Crippen LogP contribution in [-0.2, 0) is 14.4 Å². The predicted octanol–water partition coefficient (Wildman–Crippen LogP) is 1.77. The minimum Gasteiger partial charge on any atom is -0.484 e. The Bertz CT molecular complexity index is 635. The molecule has 9 heteroatoms. The highest BCUT2D eigenvalue weighted by molar-refractivity contribution is 6.30. The average Bonchev–Trinajstić information content (AvgIpc) is 2.58. The van der Waals surface area contributed by atoms with Crippen molar-refractivity contribution in [2.24, 2.45) is 5.92 Å². The third-order valence-corrected chi connectivity index (χ3v) is 3.90. The van der Waals surface area contributed by atoms with E-state index in [1.165, 1.54) is 0 Å². The number of benzene rings is 1. The Morgan fingerprint density at radius 1 is 1.07 bits per heavy atom. The first kappa shape index (κ1) is 22.7.